The van der Waals surface area contributed by atoms with Crippen molar-refractivity contribution in [3.05, 3.63) is 59.3 Å². The molecule has 0 radical (unpaired) electrons. The highest BCUT2D eigenvalue weighted by molar-refractivity contribution is 5.93. The van der Waals surface area contributed by atoms with Gasteiger partial charge < -0.3 is 5.11 Å². The van der Waals surface area contributed by atoms with Crippen molar-refractivity contribution in [1.29, 1.82) is 0 Å². The molecule has 0 saturated heterocycles. The lowest BCUT2D eigenvalue weighted by Crippen LogP contribution is -2.15. The van der Waals surface area contributed by atoms with Crippen LogP contribution in [0.5, 0.6) is 0 Å². The highest BCUT2D eigenvalue weighted by Crippen LogP contribution is 2.49. The molecule has 114 valence electrons. The maximum Gasteiger partial charge on any atom is 0.356 e. The summed E-state index contributed by atoms with van der Waals surface area (Å²) in [4.78, 5) is 11.3. The van der Waals surface area contributed by atoms with Crippen LogP contribution in [0.3, 0.4) is 0 Å². The van der Waals surface area contributed by atoms with Crippen molar-refractivity contribution in [2.75, 3.05) is 0 Å². The molecule has 0 saturated carbocycles. The summed E-state index contributed by atoms with van der Waals surface area (Å²) < 4.78 is 0. The number of carboxylic acids is 1. The second kappa shape index (κ2) is 4.52. The number of benzene rings is 2. The van der Waals surface area contributed by atoms with Gasteiger partial charge in [-0.3, -0.25) is 5.10 Å². The third-order valence-corrected chi connectivity index (χ3v) is 4.62. The highest BCUT2D eigenvalue weighted by Gasteiger charge is 2.35. The Morgan fingerprint density at radius 1 is 1.09 bits per heavy atom. The molecule has 4 rings (SSSR count). The molecule has 0 fully saturated rings. The van der Waals surface area contributed by atoms with Crippen LogP contribution < -0.4 is 0 Å². The molecule has 0 amide bonds. The molecule has 0 spiro atoms. The van der Waals surface area contributed by atoms with Crippen LogP contribution in [0.25, 0.3) is 22.4 Å². The van der Waals surface area contributed by atoms with Crippen molar-refractivity contribution in [2.45, 2.75) is 19.3 Å². The lowest BCUT2D eigenvalue weighted by molar-refractivity contribution is 0.0691. The van der Waals surface area contributed by atoms with Crippen LogP contribution >= 0.6 is 0 Å². The fraction of sp³-hybridized carbons (Fsp3) is 0.167. The number of carboxylic acid groups (broad SMARTS) is 1. The van der Waals surface area contributed by atoms with Gasteiger partial charge in [0, 0.05) is 11.0 Å². The van der Waals surface area contributed by atoms with Crippen LogP contribution in [0.2, 0.25) is 0 Å². The van der Waals surface area contributed by atoms with Gasteiger partial charge >= 0.3 is 5.97 Å². The summed E-state index contributed by atoms with van der Waals surface area (Å²) in [5.74, 6) is -1.06. The first-order valence-electron chi connectivity index (χ1n) is 7.39. The van der Waals surface area contributed by atoms with Crippen molar-refractivity contribution < 1.29 is 9.90 Å². The first-order valence-corrected chi connectivity index (χ1v) is 7.39. The molecular weight excluding hydrogens is 290 g/mol. The standard InChI is InChI=1S/C18H15N3O2/c1-18(2)13-6-4-3-5-11(13)12-8-7-10(9-14(12)18)15-16(17(22)23)20-21-19-15/h3-9H,1-2H3,(H,22,23)(H,19,20,21). The molecule has 5 nitrogen and oxygen atoms in total. The molecule has 1 aromatic heterocycles. The van der Waals surface area contributed by atoms with Gasteiger partial charge in [0.2, 0.25) is 0 Å². The van der Waals surface area contributed by atoms with Crippen LogP contribution in [0.1, 0.15) is 35.5 Å². The van der Waals surface area contributed by atoms with Gasteiger partial charge in [0.1, 0.15) is 5.69 Å². The summed E-state index contributed by atoms with van der Waals surface area (Å²) in [5, 5.41) is 19.3. The summed E-state index contributed by atoms with van der Waals surface area (Å²) in [6, 6.07) is 14.3. The van der Waals surface area contributed by atoms with Crippen LogP contribution in [0.4, 0.5) is 0 Å². The van der Waals surface area contributed by atoms with Gasteiger partial charge in [0.25, 0.3) is 0 Å². The predicted octanol–water partition coefficient (Wildman–Crippen LogP) is 3.48. The number of hydrogen-bond donors (Lipinski definition) is 2. The second-order valence-corrected chi connectivity index (χ2v) is 6.27. The van der Waals surface area contributed by atoms with E-state index in [1.807, 2.05) is 30.3 Å². The van der Waals surface area contributed by atoms with Crippen molar-refractivity contribution in [2.24, 2.45) is 0 Å². The SMILES string of the molecule is CC1(C)c2ccccc2-c2ccc(-c3nn[nH]c3C(=O)O)cc21. The van der Waals surface area contributed by atoms with E-state index >= 15 is 0 Å². The Hall–Kier alpha value is -2.95. The van der Waals surface area contributed by atoms with Crippen LogP contribution in [-0.4, -0.2) is 26.5 Å². The van der Waals surface area contributed by atoms with Crippen molar-refractivity contribution in [1.82, 2.24) is 15.4 Å². The summed E-state index contributed by atoms with van der Waals surface area (Å²) in [6.45, 7) is 4.37. The minimum atomic E-state index is -1.06. The number of nitrogens with zero attached hydrogens (tertiary/aromatic N) is 2. The van der Waals surface area contributed by atoms with Crippen LogP contribution in [0.15, 0.2) is 42.5 Å². The molecule has 2 aromatic carbocycles. The first-order chi connectivity index (χ1) is 11.0. The van der Waals surface area contributed by atoms with E-state index in [0.29, 0.717) is 5.69 Å². The summed E-state index contributed by atoms with van der Waals surface area (Å²) in [6.07, 6.45) is 0. The number of aromatic nitrogens is 3. The quantitative estimate of drug-likeness (QED) is 0.759. The Labute approximate surface area is 133 Å². The fourth-order valence-corrected chi connectivity index (χ4v) is 3.43. The van der Waals surface area contributed by atoms with Gasteiger partial charge in [-0.1, -0.05) is 55.5 Å². The maximum absolute atomic E-state index is 11.3. The molecule has 2 N–H and O–H groups in total. The maximum atomic E-state index is 11.3. The number of hydrogen-bond acceptors (Lipinski definition) is 3. The van der Waals surface area contributed by atoms with Gasteiger partial charge in [0.05, 0.1) is 0 Å². The molecule has 1 heterocycles. The molecule has 0 unspecified atom stereocenters. The van der Waals surface area contributed by atoms with E-state index in [1.54, 1.807) is 0 Å². The Morgan fingerprint density at radius 2 is 1.83 bits per heavy atom. The van der Waals surface area contributed by atoms with E-state index in [9.17, 15) is 9.90 Å². The van der Waals surface area contributed by atoms with Gasteiger partial charge in [-0.2, -0.15) is 0 Å². The molecule has 0 bridgehead atoms. The number of fused-ring (bicyclic) bond motifs is 3. The van der Waals surface area contributed by atoms with Crippen molar-refractivity contribution in [3.8, 4) is 22.4 Å². The van der Waals surface area contributed by atoms with Crippen LogP contribution in [0, 0.1) is 0 Å². The van der Waals surface area contributed by atoms with E-state index in [-0.39, 0.29) is 11.1 Å². The third-order valence-electron chi connectivity index (χ3n) is 4.62. The number of aromatic amines is 1. The van der Waals surface area contributed by atoms with E-state index in [1.165, 1.54) is 22.3 Å². The average Bonchev–Trinajstić information content (AvgIpc) is 3.11. The molecule has 3 aromatic rings. The average molecular weight is 305 g/mol. The molecule has 0 aliphatic heterocycles. The smallest absolute Gasteiger partial charge is 0.356 e. The van der Waals surface area contributed by atoms with Crippen LogP contribution in [-0.2, 0) is 5.41 Å². The number of rotatable bonds is 2. The number of aromatic carboxylic acids is 1. The van der Waals surface area contributed by atoms with E-state index in [0.717, 1.165) is 5.56 Å². The molecular formula is C18H15N3O2. The van der Waals surface area contributed by atoms with Crippen molar-refractivity contribution in [3.63, 3.8) is 0 Å². The number of nitrogens with one attached hydrogen (secondary N) is 1. The Morgan fingerprint density at radius 3 is 2.61 bits per heavy atom. The van der Waals surface area contributed by atoms with Gasteiger partial charge in [-0.25, -0.2) is 4.79 Å². The minimum absolute atomic E-state index is 0.0123. The molecule has 0 atom stereocenters. The predicted molar refractivity (Wildman–Crippen MR) is 86.3 cm³/mol. The Kier molecular flexibility index (Phi) is 2.69. The monoisotopic (exact) mass is 305 g/mol. The topological polar surface area (TPSA) is 78.9 Å². The Balaban J connectivity index is 1.93. The lowest BCUT2D eigenvalue weighted by atomic mass is 9.82. The van der Waals surface area contributed by atoms with Crippen molar-refractivity contribution >= 4 is 5.97 Å². The zero-order valence-corrected chi connectivity index (χ0v) is 12.8. The zero-order chi connectivity index (χ0) is 16.2. The highest BCUT2D eigenvalue weighted by atomic mass is 16.4. The van der Waals surface area contributed by atoms with Gasteiger partial charge in [-0.05, 0) is 28.3 Å². The minimum Gasteiger partial charge on any atom is -0.476 e. The fourth-order valence-electron chi connectivity index (χ4n) is 3.43. The van der Waals surface area contributed by atoms with Gasteiger partial charge in [-0.15, -0.1) is 5.10 Å². The Bertz CT molecular complexity index is 941. The second-order valence-electron chi connectivity index (χ2n) is 6.27. The lowest BCUT2D eigenvalue weighted by Gasteiger charge is -2.21. The largest absolute Gasteiger partial charge is 0.476 e. The number of H-pyrrole nitrogens is 1. The summed E-state index contributed by atoms with van der Waals surface area (Å²) in [7, 11) is 0. The van der Waals surface area contributed by atoms with E-state index in [4.69, 9.17) is 0 Å². The molecule has 1 aliphatic rings. The normalized spacial score (nSPS) is 14.3. The van der Waals surface area contributed by atoms with E-state index in [2.05, 4.69) is 41.4 Å². The number of carbonyl (C=O) groups is 1. The van der Waals surface area contributed by atoms with E-state index < -0.39 is 5.97 Å². The summed E-state index contributed by atoms with van der Waals surface area (Å²) >= 11 is 0. The molecule has 5 heteroatoms. The first kappa shape index (κ1) is 13.7. The summed E-state index contributed by atoms with van der Waals surface area (Å²) in [5.41, 5.74) is 5.89. The molecule has 23 heavy (non-hydrogen) atoms. The molecule has 1 aliphatic carbocycles. The zero-order valence-electron chi connectivity index (χ0n) is 12.8. The third kappa shape index (κ3) is 1.83. The van der Waals surface area contributed by atoms with Gasteiger partial charge in [0.15, 0.2) is 5.69 Å².